The zero-order valence-electron chi connectivity index (χ0n) is 8.11. The Balaban J connectivity index is 2.57. The lowest BCUT2D eigenvalue weighted by Crippen LogP contribution is -2.35. The van der Waals surface area contributed by atoms with Gasteiger partial charge in [0.25, 0.3) is 0 Å². The minimum absolute atomic E-state index is 0.0681. The maximum absolute atomic E-state index is 13.5. The van der Waals surface area contributed by atoms with E-state index in [-0.39, 0.29) is 16.7 Å². The van der Waals surface area contributed by atoms with Crippen molar-refractivity contribution in [2.75, 3.05) is 0 Å². The summed E-state index contributed by atoms with van der Waals surface area (Å²) in [5.41, 5.74) is 0.0937. The van der Waals surface area contributed by atoms with Crippen LogP contribution in [-0.4, -0.2) is 11.5 Å². The maximum atomic E-state index is 13.5. The molecule has 0 bridgehead atoms. The molecule has 0 N–H and O–H groups in total. The van der Waals surface area contributed by atoms with Gasteiger partial charge in [0.15, 0.2) is 0 Å². The van der Waals surface area contributed by atoms with Crippen LogP contribution in [0.4, 0.5) is 4.39 Å². The summed E-state index contributed by atoms with van der Waals surface area (Å²) in [7, 11) is 0. The molecule has 1 saturated carbocycles. The van der Waals surface area contributed by atoms with Crippen LogP contribution in [0, 0.1) is 11.3 Å². The van der Waals surface area contributed by atoms with Gasteiger partial charge >= 0.3 is 0 Å². The van der Waals surface area contributed by atoms with Crippen molar-refractivity contribution in [2.45, 2.75) is 51.6 Å². The Bertz CT molecular complexity index is 150. The van der Waals surface area contributed by atoms with Crippen LogP contribution in [0.25, 0.3) is 0 Å². The van der Waals surface area contributed by atoms with E-state index >= 15 is 0 Å². The number of hydrogen-bond donors (Lipinski definition) is 0. The largest absolute Gasteiger partial charge is 0.247 e. The van der Waals surface area contributed by atoms with E-state index in [1.807, 2.05) is 0 Å². The number of rotatable bonds is 0. The van der Waals surface area contributed by atoms with Crippen molar-refractivity contribution in [1.82, 2.24) is 0 Å². The van der Waals surface area contributed by atoms with E-state index in [0.29, 0.717) is 6.42 Å². The molecule has 72 valence electrons. The first-order valence-corrected chi connectivity index (χ1v) is 5.13. The molecule has 0 heterocycles. The maximum Gasteiger partial charge on any atom is 0.105 e. The second-order valence-electron chi connectivity index (χ2n) is 4.90. The zero-order chi connectivity index (χ0) is 9.35. The van der Waals surface area contributed by atoms with Gasteiger partial charge in [0.1, 0.15) is 6.17 Å². The van der Waals surface area contributed by atoms with Gasteiger partial charge in [-0.25, -0.2) is 4.39 Å². The topological polar surface area (TPSA) is 0 Å². The molecule has 2 heteroatoms. The summed E-state index contributed by atoms with van der Waals surface area (Å²) >= 11 is 5.89. The fourth-order valence-corrected chi connectivity index (χ4v) is 2.34. The third-order valence-electron chi connectivity index (χ3n) is 2.82. The lowest BCUT2D eigenvalue weighted by molar-refractivity contribution is 0.0754. The van der Waals surface area contributed by atoms with E-state index in [1.54, 1.807) is 0 Å². The standard InChI is InChI=1S/C10H18ClF/c1-10(2,3)8-5-4-7(11)6-9(8)12/h7-9H,4-6H2,1-3H3/t7?,8?,9-/m0/s1. The van der Waals surface area contributed by atoms with Crippen molar-refractivity contribution in [3.8, 4) is 0 Å². The fourth-order valence-electron chi connectivity index (χ4n) is 2.04. The smallest absolute Gasteiger partial charge is 0.105 e. The van der Waals surface area contributed by atoms with Gasteiger partial charge in [-0.05, 0) is 30.6 Å². The Labute approximate surface area is 79.5 Å². The highest BCUT2D eigenvalue weighted by Crippen LogP contribution is 2.40. The highest BCUT2D eigenvalue weighted by molar-refractivity contribution is 6.20. The van der Waals surface area contributed by atoms with E-state index in [0.717, 1.165) is 12.8 Å². The molecule has 0 amide bonds. The molecule has 3 atom stereocenters. The van der Waals surface area contributed by atoms with Crippen molar-refractivity contribution in [1.29, 1.82) is 0 Å². The van der Waals surface area contributed by atoms with Gasteiger partial charge in [-0.15, -0.1) is 11.6 Å². The summed E-state index contributed by atoms with van der Waals surface area (Å²) in [6.45, 7) is 6.33. The third kappa shape index (κ3) is 2.35. The predicted octanol–water partition coefficient (Wildman–Crippen LogP) is 3.78. The zero-order valence-corrected chi connectivity index (χ0v) is 8.87. The number of hydrogen-bond acceptors (Lipinski definition) is 0. The van der Waals surface area contributed by atoms with Crippen LogP contribution in [0.2, 0.25) is 0 Å². The lowest BCUT2D eigenvalue weighted by Gasteiger charge is -2.37. The van der Waals surface area contributed by atoms with Crippen molar-refractivity contribution >= 4 is 11.6 Å². The van der Waals surface area contributed by atoms with Gasteiger partial charge in [-0.2, -0.15) is 0 Å². The van der Waals surface area contributed by atoms with E-state index in [4.69, 9.17) is 11.6 Å². The minimum Gasteiger partial charge on any atom is -0.247 e. The van der Waals surface area contributed by atoms with E-state index in [2.05, 4.69) is 20.8 Å². The van der Waals surface area contributed by atoms with Crippen LogP contribution in [-0.2, 0) is 0 Å². The summed E-state index contributed by atoms with van der Waals surface area (Å²) in [6.07, 6.45) is 1.77. The summed E-state index contributed by atoms with van der Waals surface area (Å²) in [5, 5.41) is 0.0681. The summed E-state index contributed by atoms with van der Waals surface area (Å²) in [4.78, 5) is 0. The van der Waals surface area contributed by atoms with Gasteiger partial charge in [0.2, 0.25) is 0 Å². The second-order valence-corrected chi connectivity index (χ2v) is 5.52. The lowest BCUT2D eigenvalue weighted by atomic mass is 9.71. The molecule has 1 rings (SSSR count). The van der Waals surface area contributed by atoms with Crippen LogP contribution in [0.15, 0.2) is 0 Å². The molecule has 2 unspecified atom stereocenters. The molecular formula is C10H18ClF. The SMILES string of the molecule is CC(C)(C)C1CCC(Cl)C[C@@H]1F. The first-order chi connectivity index (χ1) is 5.41. The first-order valence-electron chi connectivity index (χ1n) is 4.69. The summed E-state index contributed by atoms with van der Waals surface area (Å²) in [5.74, 6) is 0.201. The minimum atomic E-state index is -0.693. The molecular weight excluding hydrogens is 175 g/mol. The molecule has 0 aromatic rings. The molecule has 0 radical (unpaired) electrons. The van der Waals surface area contributed by atoms with Gasteiger partial charge < -0.3 is 0 Å². The Morgan fingerprint density at radius 3 is 2.25 bits per heavy atom. The third-order valence-corrected chi connectivity index (χ3v) is 3.22. The van der Waals surface area contributed by atoms with Crippen LogP contribution in [0.3, 0.4) is 0 Å². The van der Waals surface area contributed by atoms with Crippen molar-refractivity contribution in [3.05, 3.63) is 0 Å². The Morgan fingerprint density at radius 1 is 1.25 bits per heavy atom. The Kier molecular flexibility index (Phi) is 3.03. The van der Waals surface area contributed by atoms with Crippen LogP contribution in [0.1, 0.15) is 40.0 Å². The van der Waals surface area contributed by atoms with E-state index in [9.17, 15) is 4.39 Å². The van der Waals surface area contributed by atoms with Crippen molar-refractivity contribution in [3.63, 3.8) is 0 Å². The highest BCUT2D eigenvalue weighted by Gasteiger charge is 2.36. The highest BCUT2D eigenvalue weighted by atomic mass is 35.5. The molecule has 1 fully saturated rings. The number of alkyl halides is 2. The quantitative estimate of drug-likeness (QED) is 0.513. The molecule has 0 saturated heterocycles. The molecule has 1 aliphatic rings. The molecule has 0 nitrogen and oxygen atoms in total. The molecule has 12 heavy (non-hydrogen) atoms. The molecule has 0 aliphatic heterocycles. The van der Waals surface area contributed by atoms with Gasteiger partial charge in [0, 0.05) is 5.38 Å². The Hall–Kier alpha value is 0.220. The monoisotopic (exact) mass is 192 g/mol. The summed E-state index contributed by atoms with van der Waals surface area (Å²) in [6, 6.07) is 0. The predicted molar refractivity (Wildman–Crippen MR) is 51.3 cm³/mol. The fraction of sp³-hybridized carbons (Fsp3) is 1.00. The van der Waals surface area contributed by atoms with Gasteiger partial charge in [0.05, 0.1) is 0 Å². The van der Waals surface area contributed by atoms with E-state index < -0.39 is 6.17 Å². The molecule has 0 aromatic carbocycles. The first kappa shape index (κ1) is 10.3. The molecule has 0 spiro atoms. The van der Waals surface area contributed by atoms with Gasteiger partial charge in [-0.1, -0.05) is 20.8 Å². The molecule has 1 aliphatic carbocycles. The summed E-state index contributed by atoms with van der Waals surface area (Å²) < 4.78 is 13.5. The van der Waals surface area contributed by atoms with Crippen LogP contribution in [0.5, 0.6) is 0 Å². The van der Waals surface area contributed by atoms with Gasteiger partial charge in [-0.3, -0.25) is 0 Å². The number of halogens is 2. The second kappa shape index (κ2) is 3.53. The van der Waals surface area contributed by atoms with E-state index in [1.165, 1.54) is 0 Å². The average molecular weight is 193 g/mol. The molecule has 0 aromatic heterocycles. The average Bonchev–Trinajstić information content (AvgIpc) is 1.83. The van der Waals surface area contributed by atoms with Crippen LogP contribution < -0.4 is 0 Å². The van der Waals surface area contributed by atoms with Crippen LogP contribution >= 0.6 is 11.6 Å². The van der Waals surface area contributed by atoms with Crippen molar-refractivity contribution in [2.24, 2.45) is 11.3 Å². The Morgan fingerprint density at radius 2 is 1.83 bits per heavy atom. The van der Waals surface area contributed by atoms with Crippen molar-refractivity contribution < 1.29 is 4.39 Å². The normalized spacial score (nSPS) is 38.2.